The fourth-order valence-corrected chi connectivity index (χ4v) is 1.33. The van der Waals surface area contributed by atoms with Crippen molar-refractivity contribution in [3.05, 3.63) is 10.4 Å². The molecule has 1 aliphatic heterocycles. The van der Waals surface area contributed by atoms with Gasteiger partial charge in [0.15, 0.2) is 6.10 Å². The van der Waals surface area contributed by atoms with Crippen molar-refractivity contribution in [2.75, 3.05) is 13.7 Å². The molecular weight excluding hydrogens is 206 g/mol. The highest BCUT2D eigenvalue weighted by molar-refractivity contribution is 5.75. The molecule has 0 amide bonds. The van der Waals surface area contributed by atoms with Crippen LogP contribution in [-0.2, 0) is 14.3 Å². The van der Waals surface area contributed by atoms with Crippen molar-refractivity contribution in [2.45, 2.75) is 24.4 Å². The molecule has 1 aliphatic rings. The lowest BCUT2D eigenvalue weighted by Gasteiger charge is -2.11. The number of methoxy groups -OCH3 is 1. The molecule has 0 aromatic heterocycles. The van der Waals surface area contributed by atoms with Crippen LogP contribution in [0, 0.1) is 0 Å². The van der Waals surface area contributed by atoms with Crippen molar-refractivity contribution >= 4 is 5.97 Å². The van der Waals surface area contributed by atoms with Crippen LogP contribution < -0.4 is 0 Å². The highest BCUT2D eigenvalue weighted by atomic mass is 16.6. The highest BCUT2D eigenvalue weighted by Gasteiger charge is 2.46. The second kappa shape index (κ2) is 4.94. The number of aliphatic hydroxyl groups excluding tert-OH is 2. The smallest absolute Gasteiger partial charge is 0.337 e. The molecule has 1 heterocycles. The summed E-state index contributed by atoms with van der Waals surface area (Å²) in [7, 11) is 1.14. The third-order valence-corrected chi connectivity index (χ3v) is 2.12. The fourth-order valence-electron chi connectivity index (χ4n) is 1.33. The van der Waals surface area contributed by atoms with Gasteiger partial charge < -0.3 is 19.7 Å². The lowest BCUT2D eigenvalue weighted by molar-refractivity contribution is -0.156. The van der Waals surface area contributed by atoms with Gasteiger partial charge in [-0.2, -0.15) is 0 Å². The number of carbonyl (C=O) groups is 1. The molecule has 0 spiro atoms. The molecule has 8 heteroatoms. The normalized spacial score (nSPS) is 34.6. The summed E-state index contributed by atoms with van der Waals surface area (Å²) in [5, 5.41) is 22.0. The van der Waals surface area contributed by atoms with E-state index < -0.39 is 30.4 Å². The standard InChI is InChI=1S/C7H11N3O5/c1-14-7(13)6-5(12)4(11)3(15-6)2-9-10-8/h3-6,11-12H,2H2,1H3/t3-,4-,5+,6+/m1/s1. The Bertz CT molecular complexity index is 290. The fraction of sp³-hybridized carbons (Fsp3) is 0.857. The summed E-state index contributed by atoms with van der Waals surface area (Å²) in [6.07, 6.45) is -4.75. The van der Waals surface area contributed by atoms with E-state index in [1.165, 1.54) is 0 Å². The zero-order chi connectivity index (χ0) is 11.4. The van der Waals surface area contributed by atoms with Crippen LogP contribution in [0.4, 0.5) is 0 Å². The van der Waals surface area contributed by atoms with Crippen LogP contribution in [0.2, 0.25) is 0 Å². The van der Waals surface area contributed by atoms with Gasteiger partial charge in [-0.1, -0.05) is 5.11 Å². The topological polar surface area (TPSA) is 125 Å². The number of esters is 1. The van der Waals surface area contributed by atoms with E-state index in [9.17, 15) is 15.0 Å². The maximum atomic E-state index is 11.1. The van der Waals surface area contributed by atoms with Crippen LogP contribution >= 0.6 is 0 Å². The number of carbonyl (C=O) groups excluding carboxylic acids is 1. The minimum absolute atomic E-state index is 0.151. The summed E-state index contributed by atoms with van der Waals surface area (Å²) in [4.78, 5) is 13.6. The maximum Gasteiger partial charge on any atom is 0.337 e. The summed E-state index contributed by atoms with van der Waals surface area (Å²) in [6, 6.07) is 0. The predicted octanol–water partition coefficient (Wildman–Crippen LogP) is -1.04. The molecule has 0 aromatic rings. The predicted molar refractivity (Wildman–Crippen MR) is 46.7 cm³/mol. The summed E-state index contributed by atoms with van der Waals surface area (Å²) < 4.78 is 9.37. The molecule has 1 rings (SSSR count). The molecule has 1 fully saturated rings. The summed E-state index contributed by atoms with van der Waals surface area (Å²) >= 11 is 0. The van der Waals surface area contributed by atoms with Crippen molar-refractivity contribution in [3.8, 4) is 0 Å². The van der Waals surface area contributed by atoms with E-state index in [-0.39, 0.29) is 6.54 Å². The first-order valence-corrected chi connectivity index (χ1v) is 4.22. The van der Waals surface area contributed by atoms with E-state index in [2.05, 4.69) is 14.8 Å². The Morgan fingerprint density at radius 2 is 2.27 bits per heavy atom. The monoisotopic (exact) mass is 217 g/mol. The number of azide groups is 1. The quantitative estimate of drug-likeness (QED) is 0.270. The minimum atomic E-state index is -1.36. The molecule has 4 atom stereocenters. The lowest BCUT2D eigenvalue weighted by atomic mass is 10.1. The van der Waals surface area contributed by atoms with Gasteiger partial charge in [0.1, 0.15) is 12.2 Å². The van der Waals surface area contributed by atoms with Crippen molar-refractivity contribution in [3.63, 3.8) is 0 Å². The molecule has 0 aromatic carbocycles. The Morgan fingerprint density at radius 1 is 1.60 bits per heavy atom. The van der Waals surface area contributed by atoms with Crippen molar-refractivity contribution in [1.82, 2.24) is 0 Å². The minimum Gasteiger partial charge on any atom is -0.467 e. The first-order chi connectivity index (χ1) is 7.11. The van der Waals surface area contributed by atoms with Gasteiger partial charge >= 0.3 is 5.97 Å². The second-order valence-corrected chi connectivity index (χ2v) is 3.01. The molecule has 0 saturated carbocycles. The molecule has 2 N–H and O–H groups in total. The Morgan fingerprint density at radius 3 is 2.80 bits per heavy atom. The summed E-state index contributed by atoms with van der Waals surface area (Å²) in [5.41, 5.74) is 8.07. The van der Waals surface area contributed by atoms with Gasteiger partial charge in [0.2, 0.25) is 0 Å². The van der Waals surface area contributed by atoms with Gasteiger partial charge in [0.25, 0.3) is 0 Å². The van der Waals surface area contributed by atoms with E-state index in [1.54, 1.807) is 0 Å². The largest absolute Gasteiger partial charge is 0.467 e. The zero-order valence-corrected chi connectivity index (χ0v) is 7.98. The van der Waals surface area contributed by atoms with Crippen molar-refractivity contribution < 1.29 is 24.5 Å². The van der Waals surface area contributed by atoms with Gasteiger partial charge in [0.05, 0.1) is 19.8 Å². The third kappa shape index (κ3) is 2.37. The van der Waals surface area contributed by atoms with Gasteiger partial charge in [0, 0.05) is 4.91 Å². The maximum absolute atomic E-state index is 11.1. The van der Waals surface area contributed by atoms with E-state index in [1.807, 2.05) is 0 Å². The second-order valence-electron chi connectivity index (χ2n) is 3.01. The van der Waals surface area contributed by atoms with Crippen LogP contribution in [-0.4, -0.2) is 54.3 Å². The number of hydrogen-bond acceptors (Lipinski definition) is 6. The van der Waals surface area contributed by atoms with E-state index in [0.717, 1.165) is 7.11 Å². The number of aliphatic hydroxyl groups is 2. The van der Waals surface area contributed by atoms with Crippen molar-refractivity contribution in [2.24, 2.45) is 5.11 Å². The lowest BCUT2D eigenvalue weighted by Crippen LogP contribution is -2.37. The summed E-state index contributed by atoms with van der Waals surface area (Å²) in [6.45, 7) is -0.151. The van der Waals surface area contributed by atoms with Crippen LogP contribution in [0.1, 0.15) is 0 Å². The first-order valence-electron chi connectivity index (χ1n) is 4.22. The Labute approximate surface area is 85.0 Å². The number of nitrogens with zero attached hydrogens (tertiary/aromatic N) is 3. The van der Waals surface area contributed by atoms with Gasteiger partial charge in [-0.25, -0.2) is 4.79 Å². The van der Waals surface area contributed by atoms with Crippen LogP contribution in [0.5, 0.6) is 0 Å². The molecule has 0 radical (unpaired) electrons. The number of hydrogen-bond donors (Lipinski definition) is 2. The van der Waals surface area contributed by atoms with Gasteiger partial charge in [-0.3, -0.25) is 0 Å². The SMILES string of the molecule is COC(=O)[C@H]1O[C@H](CN=[N+]=[N-])[C@@H](O)[C@@H]1O. The molecule has 0 aliphatic carbocycles. The highest BCUT2D eigenvalue weighted by Crippen LogP contribution is 2.22. The van der Waals surface area contributed by atoms with E-state index >= 15 is 0 Å². The zero-order valence-electron chi connectivity index (χ0n) is 7.98. The average molecular weight is 217 g/mol. The van der Waals surface area contributed by atoms with Crippen LogP contribution in [0.25, 0.3) is 10.4 Å². The summed E-state index contributed by atoms with van der Waals surface area (Å²) in [5.74, 6) is -0.773. The number of ether oxygens (including phenoxy) is 2. The van der Waals surface area contributed by atoms with Gasteiger partial charge in [-0.05, 0) is 5.53 Å². The Kier molecular flexibility index (Phi) is 3.87. The number of rotatable bonds is 3. The average Bonchev–Trinajstić information content (AvgIpc) is 2.53. The van der Waals surface area contributed by atoms with Crippen LogP contribution in [0.3, 0.4) is 0 Å². The molecular formula is C7H11N3O5. The molecule has 1 saturated heterocycles. The van der Waals surface area contributed by atoms with E-state index in [4.69, 9.17) is 10.3 Å². The van der Waals surface area contributed by atoms with Crippen LogP contribution in [0.15, 0.2) is 5.11 Å². The molecule has 0 unspecified atom stereocenters. The van der Waals surface area contributed by atoms with E-state index in [0.29, 0.717) is 0 Å². The molecule has 0 bridgehead atoms. The third-order valence-electron chi connectivity index (χ3n) is 2.12. The Balaban J connectivity index is 2.66. The molecule has 8 nitrogen and oxygen atoms in total. The van der Waals surface area contributed by atoms with Crippen molar-refractivity contribution in [1.29, 1.82) is 0 Å². The van der Waals surface area contributed by atoms with Gasteiger partial charge in [-0.15, -0.1) is 0 Å². The Hall–Kier alpha value is -1.34. The molecule has 84 valence electrons. The molecule has 15 heavy (non-hydrogen) atoms. The first kappa shape index (κ1) is 11.7.